The van der Waals surface area contributed by atoms with Crippen molar-refractivity contribution in [3.63, 3.8) is 0 Å². The Labute approximate surface area is 186 Å². The second-order valence-electron chi connectivity index (χ2n) is 9.66. The molecule has 0 saturated carbocycles. The van der Waals surface area contributed by atoms with E-state index in [0.29, 0.717) is 0 Å². The lowest BCUT2D eigenvalue weighted by molar-refractivity contribution is 0.306. The van der Waals surface area contributed by atoms with Gasteiger partial charge >= 0.3 is 0 Å². The SMILES string of the molecule is CCCCCOc1ccc(-c2ccc([Si@]3(C)CC[C@@H](CCCCC)CC3)cc2)cc1. The van der Waals surface area contributed by atoms with E-state index in [1.165, 1.54) is 74.6 Å². The Hall–Kier alpha value is -1.54. The summed E-state index contributed by atoms with van der Waals surface area (Å²) in [5.41, 5.74) is 2.61. The van der Waals surface area contributed by atoms with Gasteiger partial charge in [0.15, 0.2) is 0 Å². The summed E-state index contributed by atoms with van der Waals surface area (Å²) >= 11 is 0. The summed E-state index contributed by atoms with van der Waals surface area (Å²) < 4.78 is 5.86. The van der Waals surface area contributed by atoms with E-state index in [1.54, 1.807) is 5.19 Å². The zero-order valence-corrected chi connectivity index (χ0v) is 20.6. The van der Waals surface area contributed by atoms with Crippen molar-refractivity contribution in [1.29, 1.82) is 0 Å². The summed E-state index contributed by atoms with van der Waals surface area (Å²) in [6.45, 7) is 7.98. The molecule has 2 aromatic rings. The van der Waals surface area contributed by atoms with Crippen molar-refractivity contribution in [3.05, 3.63) is 48.5 Å². The van der Waals surface area contributed by atoms with Gasteiger partial charge in [-0.2, -0.15) is 0 Å². The lowest BCUT2D eigenvalue weighted by Gasteiger charge is -2.36. The molecule has 0 radical (unpaired) electrons. The van der Waals surface area contributed by atoms with E-state index in [4.69, 9.17) is 4.74 Å². The Kier molecular flexibility index (Phi) is 9.05. The first-order valence-corrected chi connectivity index (χ1v) is 15.4. The molecule has 1 fully saturated rings. The summed E-state index contributed by atoms with van der Waals surface area (Å²) in [6.07, 6.45) is 12.2. The molecule has 0 aliphatic carbocycles. The van der Waals surface area contributed by atoms with Crippen LogP contribution in [0.25, 0.3) is 11.1 Å². The quantitative estimate of drug-likeness (QED) is 0.262. The molecule has 1 heterocycles. The minimum absolute atomic E-state index is 0.824. The van der Waals surface area contributed by atoms with Crippen molar-refractivity contribution in [2.45, 2.75) is 90.3 Å². The van der Waals surface area contributed by atoms with E-state index in [2.05, 4.69) is 68.9 Å². The first kappa shape index (κ1) is 23.1. The van der Waals surface area contributed by atoms with Crippen LogP contribution in [0.4, 0.5) is 0 Å². The maximum Gasteiger partial charge on any atom is 0.119 e. The van der Waals surface area contributed by atoms with E-state index in [9.17, 15) is 0 Å². The third-order valence-electron chi connectivity index (χ3n) is 7.21. The van der Waals surface area contributed by atoms with Crippen molar-refractivity contribution < 1.29 is 4.74 Å². The third kappa shape index (κ3) is 6.48. The molecule has 2 aromatic carbocycles. The van der Waals surface area contributed by atoms with Crippen LogP contribution in [0.15, 0.2) is 48.5 Å². The summed E-state index contributed by atoms with van der Waals surface area (Å²) in [5.74, 6) is 1.99. The largest absolute Gasteiger partial charge is 0.494 e. The fraction of sp³-hybridized carbons (Fsp3) is 0.571. The number of hydrogen-bond acceptors (Lipinski definition) is 1. The monoisotopic (exact) mass is 422 g/mol. The molecular weight excluding hydrogens is 380 g/mol. The standard InChI is InChI=1S/C28H42OSi/c1-4-6-8-10-24-19-22-30(3,23-20-24)28-17-13-26(14-18-28)25-11-15-27(16-12-25)29-21-9-7-5-2/h11-18,24H,4-10,19-23H2,1-3H3/t24-,30-. The Morgan fingerprint density at radius 1 is 0.767 bits per heavy atom. The maximum atomic E-state index is 5.86. The minimum atomic E-state index is -1.28. The molecule has 1 aliphatic rings. The van der Waals surface area contributed by atoms with E-state index in [0.717, 1.165) is 24.7 Å². The Morgan fingerprint density at radius 2 is 1.33 bits per heavy atom. The lowest BCUT2D eigenvalue weighted by atomic mass is 9.96. The topological polar surface area (TPSA) is 9.23 Å². The van der Waals surface area contributed by atoms with E-state index in [1.807, 2.05) is 0 Å². The van der Waals surface area contributed by atoms with Crippen molar-refractivity contribution >= 4 is 13.3 Å². The molecule has 1 saturated heterocycles. The highest BCUT2D eigenvalue weighted by Crippen LogP contribution is 2.35. The highest BCUT2D eigenvalue weighted by molar-refractivity contribution is 6.91. The van der Waals surface area contributed by atoms with Gasteiger partial charge in [-0.15, -0.1) is 0 Å². The zero-order chi connectivity index (χ0) is 21.2. The molecule has 0 unspecified atom stereocenters. The van der Waals surface area contributed by atoms with Crippen LogP contribution in [0.3, 0.4) is 0 Å². The number of unbranched alkanes of at least 4 members (excludes halogenated alkanes) is 4. The van der Waals surface area contributed by atoms with Crippen LogP contribution in [-0.2, 0) is 0 Å². The molecule has 30 heavy (non-hydrogen) atoms. The van der Waals surface area contributed by atoms with Gasteiger partial charge in [0.1, 0.15) is 5.75 Å². The molecule has 0 N–H and O–H groups in total. The van der Waals surface area contributed by atoms with E-state index >= 15 is 0 Å². The molecule has 1 aliphatic heterocycles. The average Bonchev–Trinajstić information content (AvgIpc) is 2.79. The Bertz CT molecular complexity index is 726. The fourth-order valence-electron chi connectivity index (χ4n) is 4.93. The number of benzene rings is 2. The summed E-state index contributed by atoms with van der Waals surface area (Å²) in [6, 6.07) is 21.2. The van der Waals surface area contributed by atoms with Gasteiger partial charge in [-0.3, -0.25) is 0 Å². The third-order valence-corrected chi connectivity index (χ3v) is 11.7. The van der Waals surface area contributed by atoms with Crippen molar-refractivity contribution in [2.24, 2.45) is 5.92 Å². The molecule has 164 valence electrons. The predicted octanol–water partition coefficient (Wildman–Crippen LogP) is 8.20. The molecule has 0 bridgehead atoms. The van der Waals surface area contributed by atoms with Crippen LogP contribution < -0.4 is 9.92 Å². The molecular formula is C28H42OSi. The van der Waals surface area contributed by atoms with Gasteiger partial charge in [0.25, 0.3) is 0 Å². The Balaban J connectivity index is 1.54. The average molecular weight is 423 g/mol. The van der Waals surface area contributed by atoms with Gasteiger partial charge in [-0.25, -0.2) is 0 Å². The zero-order valence-electron chi connectivity index (χ0n) is 19.6. The van der Waals surface area contributed by atoms with Crippen LogP contribution in [0.1, 0.15) is 71.6 Å². The van der Waals surface area contributed by atoms with Gasteiger partial charge < -0.3 is 4.74 Å². The van der Waals surface area contributed by atoms with Crippen LogP contribution in [0.2, 0.25) is 18.6 Å². The molecule has 0 atom stereocenters. The second-order valence-corrected chi connectivity index (χ2v) is 14.4. The molecule has 0 amide bonds. The van der Waals surface area contributed by atoms with Crippen molar-refractivity contribution in [2.75, 3.05) is 6.61 Å². The predicted molar refractivity (Wildman–Crippen MR) is 135 cm³/mol. The van der Waals surface area contributed by atoms with Crippen LogP contribution in [0, 0.1) is 5.92 Å². The number of hydrogen-bond donors (Lipinski definition) is 0. The summed E-state index contributed by atoms with van der Waals surface area (Å²) in [5, 5.41) is 1.66. The first-order chi connectivity index (χ1) is 14.6. The van der Waals surface area contributed by atoms with Gasteiger partial charge in [0, 0.05) is 0 Å². The van der Waals surface area contributed by atoms with Gasteiger partial charge in [0.05, 0.1) is 14.7 Å². The molecule has 0 spiro atoms. The van der Waals surface area contributed by atoms with E-state index < -0.39 is 8.07 Å². The van der Waals surface area contributed by atoms with Crippen molar-refractivity contribution in [1.82, 2.24) is 0 Å². The lowest BCUT2D eigenvalue weighted by Crippen LogP contribution is -2.47. The number of ether oxygens (including phenoxy) is 1. The summed E-state index contributed by atoms with van der Waals surface area (Å²) in [4.78, 5) is 0. The molecule has 0 aromatic heterocycles. The van der Waals surface area contributed by atoms with E-state index in [-0.39, 0.29) is 0 Å². The molecule has 1 nitrogen and oxygen atoms in total. The second kappa shape index (κ2) is 11.7. The van der Waals surface area contributed by atoms with Gasteiger partial charge in [0.2, 0.25) is 0 Å². The molecule has 2 heteroatoms. The van der Waals surface area contributed by atoms with Crippen molar-refractivity contribution in [3.8, 4) is 16.9 Å². The van der Waals surface area contributed by atoms with Gasteiger partial charge in [-0.05, 0) is 35.6 Å². The highest BCUT2D eigenvalue weighted by atomic mass is 28.3. The van der Waals surface area contributed by atoms with Crippen LogP contribution in [0.5, 0.6) is 5.75 Å². The van der Waals surface area contributed by atoms with Crippen LogP contribution >= 0.6 is 0 Å². The Morgan fingerprint density at radius 3 is 1.93 bits per heavy atom. The normalized spacial score (nSPS) is 21.5. The fourth-order valence-corrected chi connectivity index (χ4v) is 8.82. The van der Waals surface area contributed by atoms with Crippen LogP contribution in [-0.4, -0.2) is 14.7 Å². The first-order valence-electron chi connectivity index (χ1n) is 12.5. The highest BCUT2D eigenvalue weighted by Gasteiger charge is 2.34. The van der Waals surface area contributed by atoms with Gasteiger partial charge in [-0.1, -0.05) is 125 Å². The number of rotatable bonds is 11. The summed E-state index contributed by atoms with van der Waals surface area (Å²) in [7, 11) is -1.28. The maximum absolute atomic E-state index is 5.86. The smallest absolute Gasteiger partial charge is 0.119 e. The molecule has 3 rings (SSSR count). The minimum Gasteiger partial charge on any atom is -0.494 e.